The van der Waals surface area contributed by atoms with Crippen LogP contribution in [-0.2, 0) is 0 Å². The maximum atomic E-state index is 8.97. The predicted octanol–water partition coefficient (Wildman–Crippen LogP) is 0.0698. The van der Waals surface area contributed by atoms with Gasteiger partial charge in [0.2, 0.25) is 5.95 Å². The lowest BCUT2D eigenvalue weighted by atomic mass is 10.1. The van der Waals surface area contributed by atoms with Crippen LogP contribution in [0.2, 0.25) is 0 Å². The van der Waals surface area contributed by atoms with Crippen LogP contribution in [0, 0.1) is 5.92 Å². The van der Waals surface area contributed by atoms with E-state index in [9.17, 15) is 0 Å². The van der Waals surface area contributed by atoms with E-state index in [0.717, 1.165) is 0 Å². The van der Waals surface area contributed by atoms with Gasteiger partial charge in [-0.2, -0.15) is 9.97 Å². The summed E-state index contributed by atoms with van der Waals surface area (Å²) in [5, 5.41) is 12.1. The molecule has 0 spiro atoms. The Balaban J connectivity index is 2.72. The lowest BCUT2D eigenvalue weighted by Gasteiger charge is -2.19. The van der Waals surface area contributed by atoms with Crippen LogP contribution < -0.4 is 16.8 Å². The van der Waals surface area contributed by atoms with Crippen LogP contribution in [0.25, 0.3) is 0 Å². The van der Waals surface area contributed by atoms with Crippen molar-refractivity contribution >= 4 is 17.6 Å². The second kappa shape index (κ2) is 4.79. The summed E-state index contributed by atoms with van der Waals surface area (Å²) in [6.07, 6.45) is 0. The summed E-state index contributed by atoms with van der Waals surface area (Å²) in [6, 6.07) is 1.69. The first-order chi connectivity index (χ1) is 7.02. The van der Waals surface area contributed by atoms with Crippen LogP contribution in [0.3, 0.4) is 0 Å². The zero-order valence-electron chi connectivity index (χ0n) is 8.94. The van der Waals surface area contributed by atoms with Crippen molar-refractivity contribution in [1.82, 2.24) is 9.97 Å². The van der Waals surface area contributed by atoms with Gasteiger partial charge < -0.3 is 21.9 Å². The van der Waals surface area contributed by atoms with Crippen LogP contribution in [-0.4, -0.2) is 27.7 Å². The van der Waals surface area contributed by atoms with Gasteiger partial charge in [-0.05, 0) is 12.8 Å². The monoisotopic (exact) mass is 211 g/mol. The minimum atomic E-state index is 0.0868. The van der Waals surface area contributed by atoms with Crippen LogP contribution >= 0.6 is 0 Å². The first kappa shape index (κ1) is 11.5. The first-order valence-corrected chi connectivity index (χ1v) is 4.80. The van der Waals surface area contributed by atoms with Crippen molar-refractivity contribution in [1.29, 1.82) is 0 Å². The normalized spacial score (nSPS) is 14.6. The van der Waals surface area contributed by atoms with Crippen molar-refractivity contribution in [3.8, 4) is 0 Å². The Kier molecular flexibility index (Phi) is 3.68. The molecule has 1 rings (SSSR count). The molecule has 1 aromatic rings. The highest BCUT2D eigenvalue weighted by Crippen LogP contribution is 2.13. The molecule has 0 aliphatic carbocycles. The third-order valence-corrected chi connectivity index (χ3v) is 2.28. The van der Waals surface area contributed by atoms with E-state index in [1.165, 1.54) is 0 Å². The molecule has 0 aromatic carbocycles. The minimum Gasteiger partial charge on any atom is -0.396 e. The summed E-state index contributed by atoms with van der Waals surface area (Å²) in [5.74, 6) is 1.17. The highest BCUT2D eigenvalue weighted by atomic mass is 16.3. The molecule has 2 atom stereocenters. The fourth-order valence-corrected chi connectivity index (χ4v) is 1.09. The lowest BCUT2D eigenvalue weighted by Crippen LogP contribution is -2.26. The number of aliphatic hydroxyl groups is 1. The van der Waals surface area contributed by atoms with E-state index < -0.39 is 0 Å². The van der Waals surface area contributed by atoms with E-state index in [1.807, 2.05) is 13.8 Å². The van der Waals surface area contributed by atoms with Crippen LogP contribution in [0.1, 0.15) is 13.8 Å². The molecule has 0 aliphatic heterocycles. The molecule has 84 valence electrons. The summed E-state index contributed by atoms with van der Waals surface area (Å²) in [5.41, 5.74) is 11.0. The Bertz CT molecular complexity index is 310. The fourth-order valence-electron chi connectivity index (χ4n) is 1.09. The maximum Gasteiger partial charge on any atom is 0.223 e. The van der Waals surface area contributed by atoms with Gasteiger partial charge in [0.1, 0.15) is 11.6 Å². The largest absolute Gasteiger partial charge is 0.396 e. The number of nitrogens with one attached hydrogen (secondary N) is 1. The molecular weight excluding hydrogens is 194 g/mol. The van der Waals surface area contributed by atoms with E-state index >= 15 is 0 Å². The van der Waals surface area contributed by atoms with Gasteiger partial charge in [0.25, 0.3) is 0 Å². The number of aliphatic hydroxyl groups excluding tert-OH is 1. The number of nitrogens with two attached hydrogens (primary N) is 2. The number of nitrogens with zero attached hydrogens (tertiary/aromatic N) is 2. The summed E-state index contributed by atoms with van der Waals surface area (Å²) >= 11 is 0. The molecule has 0 saturated heterocycles. The number of anilines is 3. The highest BCUT2D eigenvalue weighted by Gasteiger charge is 2.11. The Hall–Kier alpha value is -1.56. The van der Waals surface area contributed by atoms with Gasteiger partial charge in [0.05, 0.1) is 0 Å². The van der Waals surface area contributed by atoms with Gasteiger partial charge in [-0.3, -0.25) is 0 Å². The van der Waals surface area contributed by atoms with E-state index in [2.05, 4.69) is 15.3 Å². The van der Waals surface area contributed by atoms with Crippen molar-refractivity contribution < 1.29 is 5.11 Å². The smallest absolute Gasteiger partial charge is 0.223 e. The third-order valence-electron chi connectivity index (χ3n) is 2.28. The fraction of sp³-hybridized carbons (Fsp3) is 0.556. The molecule has 0 aliphatic rings. The third kappa shape index (κ3) is 3.25. The zero-order valence-corrected chi connectivity index (χ0v) is 8.94. The number of rotatable bonds is 4. The average Bonchev–Trinajstić information content (AvgIpc) is 2.14. The molecule has 0 bridgehead atoms. The summed E-state index contributed by atoms with van der Waals surface area (Å²) < 4.78 is 0. The molecule has 1 aromatic heterocycles. The summed E-state index contributed by atoms with van der Waals surface area (Å²) in [6.45, 7) is 4.01. The van der Waals surface area contributed by atoms with Gasteiger partial charge in [-0.15, -0.1) is 0 Å². The Morgan fingerprint density at radius 2 is 2.07 bits per heavy atom. The Labute approximate surface area is 88.7 Å². The predicted molar refractivity (Wildman–Crippen MR) is 60.2 cm³/mol. The van der Waals surface area contributed by atoms with Gasteiger partial charge in [0, 0.05) is 18.7 Å². The second-order valence-corrected chi connectivity index (χ2v) is 3.63. The molecule has 6 heteroatoms. The topological polar surface area (TPSA) is 110 Å². The van der Waals surface area contributed by atoms with E-state index in [4.69, 9.17) is 16.6 Å². The molecule has 6 N–H and O–H groups in total. The summed E-state index contributed by atoms with van der Waals surface area (Å²) in [4.78, 5) is 7.75. The number of nitrogen functional groups attached to an aromatic ring is 2. The molecular formula is C9H17N5O. The molecule has 6 nitrogen and oxygen atoms in total. The van der Waals surface area contributed by atoms with Gasteiger partial charge in [-0.25, -0.2) is 0 Å². The maximum absolute atomic E-state index is 8.97. The SMILES string of the molecule is CC(CO)C(C)Nc1cc(N)nc(N)n1. The molecule has 0 fully saturated rings. The lowest BCUT2D eigenvalue weighted by molar-refractivity contribution is 0.226. The van der Waals surface area contributed by atoms with Crippen LogP contribution in [0.4, 0.5) is 17.6 Å². The van der Waals surface area contributed by atoms with Crippen LogP contribution in [0.15, 0.2) is 6.07 Å². The Morgan fingerprint density at radius 1 is 1.40 bits per heavy atom. The van der Waals surface area contributed by atoms with E-state index in [1.54, 1.807) is 6.07 Å². The van der Waals surface area contributed by atoms with Gasteiger partial charge >= 0.3 is 0 Å². The number of hydrogen-bond acceptors (Lipinski definition) is 6. The van der Waals surface area contributed by atoms with Crippen molar-refractivity contribution in [2.24, 2.45) is 5.92 Å². The van der Waals surface area contributed by atoms with Crippen molar-refractivity contribution in [3.63, 3.8) is 0 Å². The molecule has 1 heterocycles. The molecule has 0 saturated carbocycles. The second-order valence-electron chi connectivity index (χ2n) is 3.63. The standard InChI is InChI=1S/C9H17N5O/c1-5(4-15)6(2)12-8-3-7(10)13-9(11)14-8/h3,5-6,15H,4H2,1-2H3,(H5,10,11,12,13,14). The van der Waals surface area contributed by atoms with Crippen LogP contribution in [0.5, 0.6) is 0 Å². The zero-order chi connectivity index (χ0) is 11.4. The van der Waals surface area contributed by atoms with E-state index in [0.29, 0.717) is 11.6 Å². The van der Waals surface area contributed by atoms with Crippen molar-refractivity contribution in [2.45, 2.75) is 19.9 Å². The average molecular weight is 211 g/mol. The van der Waals surface area contributed by atoms with Gasteiger partial charge in [-0.1, -0.05) is 6.92 Å². The quantitative estimate of drug-likeness (QED) is 0.561. The van der Waals surface area contributed by atoms with Gasteiger partial charge in [0.15, 0.2) is 0 Å². The molecule has 0 radical (unpaired) electrons. The summed E-state index contributed by atoms with van der Waals surface area (Å²) in [7, 11) is 0. The highest BCUT2D eigenvalue weighted by molar-refractivity contribution is 5.48. The Morgan fingerprint density at radius 3 is 2.60 bits per heavy atom. The number of hydrogen-bond donors (Lipinski definition) is 4. The molecule has 0 amide bonds. The minimum absolute atomic E-state index is 0.0868. The number of aromatic nitrogens is 2. The van der Waals surface area contributed by atoms with Crippen molar-refractivity contribution in [3.05, 3.63) is 6.07 Å². The van der Waals surface area contributed by atoms with Crippen molar-refractivity contribution in [2.75, 3.05) is 23.4 Å². The first-order valence-electron chi connectivity index (χ1n) is 4.80. The molecule has 2 unspecified atom stereocenters. The van der Waals surface area contributed by atoms with E-state index in [-0.39, 0.29) is 24.5 Å². The molecule has 15 heavy (non-hydrogen) atoms.